The number of aliphatic hydroxyl groups is 1. The number of rotatable bonds is 7. The van der Waals surface area contributed by atoms with Gasteiger partial charge in [0.15, 0.2) is 0 Å². The highest BCUT2D eigenvalue weighted by molar-refractivity contribution is 6.47. The Morgan fingerprint density at radius 1 is 1.16 bits per heavy atom. The Morgan fingerprint density at radius 2 is 1.88 bits per heavy atom. The highest BCUT2D eigenvalue weighted by Gasteiger charge is 2.46. The van der Waals surface area contributed by atoms with Crippen LogP contribution in [0.25, 0.3) is 5.76 Å². The van der Waals surface area contributed by atoms with Gasteiger partial charge in [-0.3, -0.25) is 9.59 Å². The van der Waals surface area contributed by atoms with E-state index in [0.29, 0.717) is 45.5 Å². The number of aryl methyl sites for hydroxylation is 1. The summed E-state index contributed by atoms with van der Waals surface area (Å²) in [6, 6.07) is 9.21. The first kappa shape index (κ1) is 24.1. The van der Waals surface area contributed by atoms with Gasteiger partial charge in [-0.2, -0.15) is 0 Å². The third kappa shape index (κ3) is 4.77. The normalized spacial score (nSPS) is 18.0. The van der Waals surface area contributed by atoms with Crippen LogP contribution in [0.5, 0.6) is 5.75 Å². The number of carbonyl (C=O) groups is 2. The summed E-state index contributed by atoms with van der Waals surface area (Å²) in [5.74, 6) is -1.01. The summed E-state index contributed by atoms with van der Waals surface area (Å²) in [7, 11) is 5.43. The molecule has 0 saturated carbocycles. The van der Waals surface area contributed by atoms with Gasteiger partial charge < -0.3 is 19.6 Å². The third-order valence-electron chi connectivity index (χ3n) is 5.49. The lowest BCUT2D eigenvalue weighted by molar-refractivity contribution is -0.139. The van der Waals surface area contributed by atoms with Crippen LogP contribution in [-0.4, -0.2) is 60.9 Å². The molecule has 1 aliphatic heterocycles. The number of benzene rings is 2. The lowest BCUT2D eigenvalue weighted by Crippen LogP contribution is -2.32. The van der Waals surface area contributed by atoms with Crippen LogP contribution in [-0.2, 0) is 9.59 Å². The van der Waals surface area contributed by atoms with E-state index < -0.39 is 17.7 Å². The highest BCUT2D eigenvalue weighted by atomic mass is 35.5. The molecule has 6 nitrogen and oxygen atoms in total. The third-order valence-corrected chi connectivity index (χ3v) is 6.05. The predicted octanol–water partition coefficient (Wildman–Crippen LogP) is 4.68. The molecular weight excluding hydrogens is 451 g/mol. The van der Waals surface area contributed by atoms with Crippen molar-refractivity contribution >= 4 is 40.7 Å². The van der Waals surface area contributed by atoms with Crippen molar-refractivity contribution in [3.8, 4) is 5.75 Å². The smallest absolute Gasteiger partial charge is 0.295 e. The molecule has 1 atom stereocenters. The minimum Gasteiger partial charge on any atom is -0.507 e. The van der Waals surface area contributed by atoms with Crippen molar-refractivity contribution in [2.24, 2.45) is 0 Å². The predicted molar refractivity (Wildman–Crippen MR) is 126 cm³/mol. The Hall–Kier alpha value is -2.54. The van der Waals surface area contributed by atoms with Crippen LogP contribution in [0.4, 0.5) is 0 Å². The molecule has 0 radical (unpaired) electrons. The summed E-state index contributed by atoms with van der Waals surface area (Å²) in [6.45, 7) is 2.88. The van der Waals surface area contributed by atoms with E-state index in [-0.39, 0.29) is 11.3 Å². The number of hydrogen-bond acceptors (Lipinski definition) is 5. The van der Waals surface area contributed by atoms with Crippen molar-refractivity contribution in [2.75, 3.05) is 34.3 Å². The Balaban J connectivity index is 2.16. The molecule has 1 N–H and O–H groups in total. The van der Waals surface area contributed by atoms with Crippen LogP contribution in [0, 0.1) is 6.92 Å². The zero-order chi connectivity index (χ0) is 23.6. The van der Waals surface area contributed by atoms with E-state index in [1.54, 1.807) is 50.4 Å². The Labute approximate surface area is 198 Å². The van der Waals surface area contributed by atoms with Crippen LogP contribution in [0.2, 0.25) is 10.0 Å². The molecule has 3 rings (SSSR count). The first-order valence-corrected chi connectivity index (χ1v) is 10.9. The molecule has 0 aromatic heterocycles. The molecule has 170 valence electrons. The monoisotopic (exact) mass is 476 g/mol. The highest BCUT2D eigenvalue weighted by Crippen LogP contribution is 2.43. The fourth-order valence-electron chi connectivity index (χ4n) is 3.89. The number of ketones is 1. The van der Waals surface area contributed by atoms with Gasteiger partial charge in [-0.15, -0.1) is 0 Å². The lowest BCUT2D eigenvalue weighted by atomic mass is 9.93. The number of methoxy groups -OCH3 is 1. The Bertz CT molecular complexity index is 1080. The minimum absolute atomic E-state index is 0.0114. The second kappa shape index (κ2) is 9.94. The molecule has 1 fully saturated rings. The number of halogens is 2. The molecular formula is C24H26Cl2N2O4. The molecule has 1 heterocycles. The number of carbonyl (C=O) groups excluding carboxylic acids is 2. The van der Waals surface area contributed by atoms with E-state index in [4.69, 9.17) is 27.9 Å². The molecule has 1 amide bonds. The summed E-state index contributed by atoms with van der Waals surface area (Å²) in [5.41, 5.74) is 1.71. The average Bonchev–Trinajstić information content (AvgIpc) is 2.98. The van der Waals surface area contributed by atoms with Gasteiger partial charge in [0.2, 0.25) is 0 Å². The minimum atomic E-state index is -0.816. The molecule has 8 heteroatoms. The van der Waals surface area contributed by atoms with Crippen molar-refractivity contribution in [3.63, 3.8) is 0 Å². The van der Waals surface area contributed by atoms with Gasteiger partial charge in [-0.05, 0) is 75.4 Å². The second-order valence-electron chi connectivity index (χ2n) is 8.00. The number of nitrogens with zero attached hydrogens (tertiary/aromatic N) is 2. The van der Waals surface area contributed by atoms with Gasteiger partial charge in [0.05, 0.1) is 18.7 Å². The zero-order valence-electron chi connectivity index (χ0n) is 18.5. The average molecular weight is 477 g/mol. The zero-order valence-corrected chi connectivity index (χ0v) is 20.0. The van der Waals surface area contributed by atoms with E-state index in [0.717, 1.165) is 6.54 Å². The number of ether oxygens (including phenoxy) is 1. The number of hydrogen-bond donors (Lipinski definition) is 1. The van der Waals surface area contributed by atoms with Crippen molar-refractivity contribution < 1.29 is 19.4 Å². The van der Waals surface area contributed by atoms with Crippen molar-refractivity contribution in [2.45, 2.75) is 19.4 Å². The summed E-state index contributed by atoms with van der Waals surface area (Å²) >= 11 is 12.5. The van der Waals surface area contributed by atoms with Gasteiger partial charge >= 0.3 is 0 Å². The maximum absolute atomic E-state index is 13.1. The van der Waals surface area contributed by atoms with Crippen LogP contribution in [0.15, 0.2) is 42.0 Å². The number of amides is 1. The SMILES string of the molecule is COc1ccc(C(O)=C2C(=O)C(=O)N(CCCN(C)C)[C@@H]2c2ccc(Cl)cc2Cl)c(C)c1. The first-order valence-electron chi connectivity index (χ1n) is 10.2. The molecule has 0 bridgehead atoms. The van der Waals surface area contributed by atoms with Crippen molar-refractivity contribution in [1.29, 1.82) is 0 Å². The van der Waals surface area contributed by atoms with E-state index in [2.05, 4.69) is 0 Å². The van der Waals surface area contributed by atoms with E-state index >= 15 is 0 Å². The quantitative estimate of drug-likeness (QED) is 0.356. The van der Waals surface area contributed by atoms with E-state index in [9.17, 15) is 14.7 Å². The molecule has 1 saturated heterocycles. The van der Waals surface area contributed by atoms with Crippen molar-refractivity contribution in [3.05, 3.63) is 68.7 Å². The standard InChI is InChI=1S/C24H26Cl2N2O4/c1-14-12-16(32-4)7-9-17(14)22(29)20-21(18-8-6-15(25)13-19(18)26)28(24(31)23(20)30)11-5-10-27(2)3/h6-9,12-13,21,29H,5,10-11H2,1-4H3/t21-/m1/s1. The Morgan fingerprint density at radius 3 is 2.47 bits per heavy atom. The van der Waals surface area contributed by atoms with Crippen LogP contribution in [0.3, 0.4) is 0 Å². The van der Waals surface area contributed by atoms with Gasteiger partial charge in [0.1, 0.15) is 11.5 Å². The molecule has 1 aliphatic rings. The fourth-order valence-corrected chi connectivity index (χ4v) is 4.40. The molecule has 0 aliphatic carbocycles. The van der Waals surface area contributed by atoms with Gasteiger partial charge in [-0.25, -0.2) is 0 Å². The van der Waals surface area contributed by atoms with E-state index in [1.165, 1.54) is 4.90 Å². The topological polar surface area (TPSA) is 70.1 Å². The summed E-state index contributed by atoms with van der Waals surface area (Å²) in [5, 5.41) is 12.0. The van der Waals surface area contributed by atoms with Crippen LogP contribution >= 0.6 is 23.2 Å². The summed E-state index contributed by atoms with van der Waals surface area (Å²) in [6.07, 6.45) is 0.656. The summed E-state index contributed by atoms with van der Waals surface area (Å²) < 4.78 is 5.23. The van der Waals surface area contributed by atoms with Gasteiger partial charge in [0, 0.05) is 22.2 Å². The number of likely N-dealkylation sites (tertiary alicyclic amines) is 1. The van der Waals surface area contributed by atoms with Crippen molar-refractivity contribution in [1.82, 2.24) is 9.80 Å². The largest absolute Gasteiger partial charge is 0.507 e. The summed E-state index contributed by atoms with van der Waals surface area (Å²) in [4.78, 5) is 29.6. The molecule has 0 unspecified atom stereocenters. The maximum Gasteiger partial charge on any atom is 0.295 e. The van der Waals surface area contributed by atoms with Crippen LogP contribution < -0.4 is 4.74 Å². The first-order chi connectivity index (χ1) is 15.1. The number of Topliss-reactive ketones (excluding diaryl/α,β-unsaturated/α-hetero) is 1. The van der Waals surface area contributed by atoms with Crippen LogP contribution in [0.1, 0.15) is 29.2 Å². The lowest BCUT2D eigenvalue weighted by Gasteiger charge is -2.26. The van der Waals surface area contributed by atoms with Gasteiger partial charge in [-0.1, -0.05) is 29.3 Å². The number of aliphatic hydroxyl groups excluding tert-OH is 1. The molecule has 2 aromatic carbocycles. The van der Waals surface area contributed by atoms with Gasteiger partial charge in [0.25, 0.3) is 11.7 Å². The molecule has 0 spiro atoms. The Kier molecular flexibility index (Phi) is 7.49. The maximum atomic E-state index is 13.1. The molecule has 32 heavy (non-hydrogen) atoms. The molecule has 2 aromatic rings. The second-order valence-corrected chi connectivity index (χ2v) is 8.84. The van der Waals surface area contributed by atoms with E-state index in [1.807, 2.05) is 19.0 Å². The fraction of sp³-hybridized carbons (Fsp3) is 0.333.